The van der Waals surface area contributed by atoms with Crippen LogP contribution in [0.15, 0.2) is 30.6 Å². The number of thioether (sulfide) groups is 1. The first-order chi connectivity index (χ1) is 15.5. The van der Waals surface area contributed by atoms with Gasteiger partial charge in [0, 0.05) is 12.3 Å². The second kappa shape index (κ2) is 8.44. The number of nitrogens with one attached hydrogen (secondary N) is 1. The van der Waals surface area contributed by atoms with Gasteiger partial charge in [-0.15, -0.1) is 0 Å². The van der Waals surface area contributed by atoms with Crippen LogP contribution in [0, 0.1) is 12.3 Å². The molecule has 0 aromatic carbocycles. The van der Waals surface area contributed by atoms with Crippen LogP contribution in [-0.2, 0) is 4.79 Å². The van der Waals surface area contributed by atoms with Crippen molar-refractivity contribution in [3.05, 3.63) is 41.9 Å². The summed E-state index contributed by atoms with van der Waals surface area (Å²) in [6.45, 7) is 1.88. The third-order valence-electron chi connectivity index (χ3n) is 6.53. The summed E-state index contributed by atoms with van der Waals surface area (Å²) in [4.78, 5) is 26.0. The Morgan fingerprint density at radius 2 is 1.97 bits per heavy atom. The summed E-state index contributed by atoms with van der Waals surface area (Å²) < 4.78 is 6.06. The minimum atomic E-state index is -0.657. The van der Waals surface area contributed by atoms with Crippen molar-refractivity contribution >= 4 is 52.6 Å². The molecule has 7 nitrogen and oxygen atoms in total. The number of ether oxygens (including phenoxy) is 1. The largest absolute Gasteiger partial charge is 0.474 e. The Kier molecular flexibility index (Phi) is 5.63. The Labute approximate surface area is 197 Å². The third-order valence-corrected chi connectivity index (χ3v) is 7.94. The maximum Gasteiger partial charge on any atom is 0.259 e. The summed E-state index contributed by atoms with van der Waals surface area (Å²) in [6.07, 6.45) is 9.39. The number of hydrogen-bond donors (Lipinski definition) is 1. The Morgan fingerprint density at radius 1 is 1.22 bits per heavy atom. The lowest BCUT2D eigenvalue weighted by atomic mass is 9.75. The molecule has 1 amide bonds. The first kappa shape index (κ1) is 21.3. The molecule has 4 heterocycles. The van der Waals surface area contributed by atoms with E-state index in [0.29, 0.717) is 22.4 Å². The molecule has 0 unspecified atom stereocenters. The molecule has 1 spiro atoms. The van der Waals surface area contributed by atoms with E-state index in [4.69, 9.17) is 22.4 Å². The molecule has 1 saturated carbocycles. The number of aromatic nitrogens is 2. The summed E-state index contributed by atoms with van der Waals surface area (Å²) in [5.41, 5.74) is 2.20. The van der Waals surface area contributed by atoms with Crippen molar-refractivity contribution in [2.24, 2.45) is 0 Å². The molecule has 1 aliphatic carbocycles. The van der Waals surface area contributed by atoms with Crippen LogP contribution in [0.1, 0.15) is 43.4 Å². The molecule has 9 heteroatoms. The van der Waals surface area contributed by atoms with Crippen molar-refractivity contribution in [3.63, 3.8) is 0 Å². The number of rotatable bonds is 5. The molecule has 2 aliphatic heterocycles. The second-order valence-electron chi connectivity index (χ2n) is 8.47. The molecular formula is C23H25N5O2S2. The van der Waals surface area contributed by atoms with E-state index in [9.17, 15) is 4.79 Å². The molecule has 1 N–H and O–H groups in total. The molecule has 2 aromatic rings. The summed E-state index contributed by atoms with van der Waals surface area (Å²) in [6, 6.07) is 5.69. The SMILES string of the molecule is Cc1cc(N2C(=O)C3(CCC3)N(c3ccc(OC4CCSCC4)nc3)C2=S)cnc1C=N. The van der Waals surface area contributed by atoms with E-state index < -0.39 is 5.54 Å². The molecule has 3 aliphatic rings. The van der Waals surface area contributed by atoms with Crippen molar-refractivity contribution in [2.75, 3.05) is 21.3 Å². The minimum Gasteiger partial charge on any atom is -0.474 e. The first-order valence-electron chi connectivity index (χ1n) is 10.9. The molecule has 2 aromatic heterocycles. The average molecular weight is 468 g/mol. The van der Waals surface area contributed by atoms with Crippen molar-refractivity contribution in [2.45, 2.75) is 50.7 Å². The highest BCUT2D eigenvalue weighted by Crippen LogP contribution is 2.47. The number of thiocarbonyl (C=S) groups is 1. The summed E-state index contributed by atoms with van der Waals surface area (Å²) in [7, 11) is 0. The number of amides is 1. The Balaban J connectivity index is 1.43. The van der Waals surface area contributed by atoms with Crippen molar-refractivity contribution < 1.29 is 9.53 Å². The maximum atomic E-state index is 13.6. The zero-order chi connectivity index (χ0) is 22.3. The molecule has 0 bridgehead atoms. The molecule has 0 atom stereocenters. The highest BCUT2D eigenvalue weighted by molar-refractivity contribution is 7.99. The fraction of sp³-hybridized carbons (Fsp3) is 0.435. The van der Waals surface area contributed by atoms with Gasteiger partial charge in [-0.25, -0.2) is 4.98 Å². The number of aryl methyl sites for hydroxylation is 1. The molecule has 5 rings (SSSR count). The molecule has 3 fully saturated rings. The standard InChI is InChI=1S/C23H25N5O2S2/c1-15-11-17(14-25-19(15)12-24)27-21(29)23(7-2-8-23)28(22(27)31)16-3-4-20(26-13-16)30-18-5-9-32-10-6-18/h3-4,11-14,18,24H,2,5-10H2,1H3. The number of anilines is 2. The first-order valence-corrected chi connectivity index (χ1v) is 12.5. The monoisotopic (exact) mass is 467 g/mol. The van der Waals surface area contributed by atoms with Crippen LogP contribution in [0.3, 0.4) is 0 Å². The van der Waals surface area contributed by atoms with Crippen molar-refractivity contribution in [3.8, 4) is 5.88 Å². The third kappa shape index (κ3) is 3.47. The highest BCUT2D eigenvalue weighted by Gasteiger charge is 2.59. The quantitative estimate of drug-likeness (QED) is 0.523. The van der Waals surface area contributed by atoms with Crippen LogP contribution in [0.25, 0.3) is 0 Å². The van der Waals surface area contributed by atoms with Gasteiger partial charge in [-0.1, -0.05) is 0 Å². The fourth-order valence-corrected chi connectivity index (χ4v) is 6.12. The zero-order valence-corrected chi connectivity index (χ0v) is 19.5. The molecule has 0 radical (unpaired) electrons. The van der Waals surface area contributed by atoms with Gasteiger partial charge in [-0.3, -0.25) is 14.7 Å². The van der Waals surface area contributed by atoms with Crippen LogP contribution < -0.4 is 14.5 Å². The number of carbonyl (C=O) groups excluding carboxylic acids is 1. The normalized spacial score (nSPS) is 20.5. The van der Waals surface area contributed by atoms with E-state index in [1.165, 1.54) is 6.21 Å². The van der Waals surface area contributed by atoms with Gasteiger partial charge in [-0.2, -0.15) is 11.8 Å². The van der Waals surface area contributed by atoms with Crippen molar-refractivity contribution in [1.29, 1.82) is 5.41 Å². The number of pyridine rings is 2. The van der Waals surface area contributed by atoms with Crippen LogP contribution in [-0.4, -0.2) is 50.4 Å². The number of carbonyl (C=O) groups is 1. The van der Waals surface area contributed by atoms with E-state index in [0.717, 1.165) is 54.9 Å². The van der Waals surface area contributed by atoms with Crippen molar-refractivity contribution in [1.82, 2.24) is 9.97 Å². The van der Waals surface area contributed by atoms with E-state index in [-0.39, 0.29) is 12.0 Å². The predicted octanol–water partition coefficient (Wildman–Crippen LogP) is 4.12. The number of nitrogens with zero attached hydrogens (tertiary/aromatic N) is 4. The topological polar surface area (TPSA) is 82.4 Å². The zero-order valence-electron chi connectivity index (χ0n) is 17.9. The van der Waals surface area contributed by atoms with Crippen LogP contribution >= 0.6 is 24.0 Å². The van der Waals surface area contributed by atoms with E-state index in [1.54, 1.807) is 17.3 Å². The Hall–Kier alpha value is -2.52. The molecule has 166 valence electrons. The average Bonchev–Trinajstić information content (AvgIpc) is 3.02. The van der Waals surface area contributed by atoms with Gasteiger partial charge < -0.3 is 15.0 Å². The van der Waals surface area contributed by atoms with Crippen LogP contribution in [0.4, 0.5) is 11.4 Å². The second-order valence-corrected chi connectivity index (χ2v) is 10.1. The lowest BCUT2D eigenvalue weighted by Gasteiger charge is -2.42. The minimum absolute atomic E-state index is 0.0161. The summed E-state index contributed by atoms with van der Waals surface area (Å²) in [5, 5.41) is 7.91. The van der Waals surface area contributed by atoms with Gasteiger partial charge >= 0.3 is 0 Å². The molecular weight excluding hydrogens is 442 g/mol. The van der Waals surface area contributed by atoms with Crippen LogP contribution in [0.2, 0.25) is 0 Å². The number of hydrogen-bond acceptors (Lipinski definition) is 7. The lowest BCUT2D eigenvalue weighted by molar-refractivity contribution is -0.123. The summed E-state index contributed by atoms with van der Waals surface area (Å²) >= 11 is 7.78. The van der Waals surface area contributed by atoms with Gasteiger partial charge in [0.1, 0.15) is 11.6 Å². The van der Waals surface area contributed by atoms with Gasteiger partial charge in [-0.05, 0) is 80.4 Å². The van der Waals surface area contributed by atoms with Gasteiger partial charge in [0.05, 0.1) is 29.5 Å². The maximum absolute atomic E-state index is 13.6. The smallest absolute Gasteiger partial charge is 0.259 e. The Morgan fingerprint density at radius 3 is 2.56 bits per heavy atom. The van der Waals surface area contributed by atoms with E-state index in [1.807, 2.05) is 41.8 Å². The lowest BCUT2D eigenvalue weighted by Crippen LogP contribution is -2.55. The molecule has 32 heavy (non-hydrogen) atoms. The summed E-state index contributed by atoms with van der Waals surface area (Å²) in [5.74, 6) is 2.85. The van der Waals surface area contributed by atoms with E-state index >= 15 is 0 Å². The van der Waals surface area contributed by atoms with Gasteiger partial charge in [0.15, 0.2) is 5.11 Å². The molecule has 2 saturated heterocycles. The Bertz CT molecular complexity index is 1060. The van der Waals surface area contributed by atoms with Gasteiger partial charge in [0.2, 0.25) is 5.88 Å². The van der Waals surface area contributed by atoms with Gasteiger partial charge in [0.25, 0.3) is 5.91 Å². The highest BCUT2D eigenvalue weighted by atomic mass is 32.2. The fourth-order valence-electron chi connectivity index (χ4n) is 4.59. The predicted molar refractivity (Wildman–Crippen MR) is 131 cm³/mol. The van der Waals surface area contributed by atoms with Crippen LogP contribution in [0.5, 0.6) is 5.88 Å². The van der Waals surface area contributed by atoms with E-state index in [2.05, 4.69) is 9.97 Å².